The Morgan fingerprint density at radius 3 is 2.62 bits per heavy atom. The number of aliphatic carboxylic acids is 1. The van der Waals surface area contributed by atoms with Gasteiger partial charge in [-0.05, 0) is 71.7 Å². The average molecular weight is 544 g/mol. The van der Waals surface area contributed by atoms with Crippen molar-refractivity contribution in [2.75, 3.05) is 6.61 Å². The van der Waals surface area contributed by atoms with Crippen LogP contribution < -0.4 is 9.47 Å². The van der Waals surface area contributed by atoms with Gasteiger partial charge >= 0.3 is 12.1 Å². The second-order valence-electron chi connectivity index (χ2n) is 10.6. The zero-order valence-electron chi connectivity index (χ0n) is 20.7. The van der Waals surface area contributed by atoms with Gasteiger partial charge in [0.2, 0.25) is 5.88 Å². The summed E-state index contributed by atoms with van der Waals surface area (Å²) in [6, 6.07) is 9.05. The lowest BCUT2D eigenvalue weighted by molar-refractivity contribution is -0.139. The molecule has 3 aromatic rings. The van der Waals surface area contributed by atoms with Crippen LogP contribution in [0.15, 0.2) is 48.7 Å². The van der Waals surface area contributed by atoms with Gasteiger partial charge in [-0.3, -0.25) is 4.79 Å². The lowest BCUT2D eigenvalue weighted by Crippen LogP contribution is -2.13. The van der Waals surface area contributed by atoms with Gasteiger partial charge < -0.3 is 19.7 Å². The molecule has 0 saturated heterocycles. The second-order valence-corrected chi connectivity index (χ2v) is 10.6. The molecule has 2 N–H and O–H groups in total. The fourth-order valence-corrected chi connectivity index (χ4v) is 5.54. The van der Waals surface area contributed by atoms with Gasteiger partial charge in [-0.25, -0.2) is 9.37 Å². The van der Waals surface area contributed by atoms with Crippen LogP contribution in [0.5, 0.6) is 11.6 Å². The summed E-state index contributed by atoms with van der Waals surface area (Å²) in [5.41, 5.74) is 0.270. The third kappa shape index (κ3) is 5.05. The van der Waals surface area contributed by atoms with Crippen molar-refractivity contribution in [3.05, 3.63) is 76.7 Å². The van der Waals surface area contributed by atoms with E-state index in [1.807, 2.05) is 0 Å². The molecule has 1 aromatic heterocycles. The number of aliphatic hydroxyl groups is 1. The van der Waals surface area contributed by atoms with Crippen molar-refractivity contribution >= 4 is 5.97 Å². The Morgan fingerprint density at radius 2 is 1.90 bits per heavy atom. The molecule has 2 aromatic carbocycles. The van der Waals surface area contributed by atoms with E-state index in [4.69, 9.17) is 9.47 Å². The Labute approximate surface area is 221 Å². The Morgan fingerprint density at radius 1 is 1.10 bits per heavy atom. The minimum absolute atomic E-state index is 0.0303. The molecule has 2 fully saturated rings. The SMILES string of the molecule is O=C(O)C1C2Cc3cc(OCc4cc(-c5ccc(OCCC6(O)CC6)cc5C(F)(F)F)ccc4F)ncc3C21. The summed E-state index contributed by atoms with van der Waals surface area (Å²) in [5.74, 6) is -1.51. The molecule has 3 aliphatic rings. The van der Waals surface area contributed by atoms with Gasteiger partial charge in [0.1, 0.15) is 18.2 Å². The van der Waals surface area contributed by atoms with Gasteiger partial charge in [0.25, 0.3) is 0 Å². The van der Waals surface area contributed by atoms with Crippen LogP contribution in [-0.4, -0.2) is 33.4 Å². The standard InChI is InChI=1S/C29H25F4NO5/c30-23-4-1-15(19-3-2-18(12-22(19)29(31,32)33)38-8-7-28(37)5-6-28)9-17(23)14-39-24-11-16-10-20-25(21(16)13-34-24)26(20)27(35)36/h1-4,9,11-13,20,25-26,37H,5-8,10,14H2,(H,35,36). The third-order valence-electron chi connectivity index (χ3n) is 7.96. The van der Waals surface area contributed by atoms with Crippen molar-refractivity contribution in [3.8, 4) is 22.8 Å². The van der Waals surface area contributed by atoms with Crippen molar-refractivity contribution in [3.63, 3.8) is 0 Å². The van der Waals surface area contributed by atoms with Crippen molar-refractivity contribution in [2.45, 2.75) is 50.0 Å². The summed E-state index contributed by atoms with van der Waals surface area (Å²) in [6.07, 6.45) is -0.799. The molecule has 2 saturated carbocycles. The van der Waals surface area contributed by atoms with Gasteiger partial charge in [0.15, 0.2) is 0 Å². The number of nitrogens with zero attached hydrogens (tertiary/aromatic N) is 1. The Balaban J connectivity index is 1.18. The molecule has 204 valence electrons. The second kappa shape index (κ2) is 9.22. The van der Waals surface area contributed by atoms with E-state index in [0.717, 1.165) is 23.3 Å². The van der Waals surface area contributed by atoms with Crippen LogP contribution in [0.3, 0.4) is 0 Å². The van der Waals surface area contributed by atoms with Crippen LogP contribution in [0, 0.1) is 17.7 Å². The maximum atomic E-state index is 14.6. The highest BCUT2D eigenvalue weighted by Gasteiger charge is 2.60. The molecule has 0 spiro atoms. The summed E-state index contributed by atoms with van der Waals surface area (Å²) in [7, 11) is 0. The highest BCUT2D eigenvalue weighted by Crippen LogP contribution is 2.61. The van der Waals surface area contributed by atoms with Crippen molar-refractivity contribution < 1.29 is 42.0 Å². The first kappa shape index (κ1) is 25.6. The van der Waals surface area contributed by atoms with Crippen LogP contribution in [0.1, 0.15) is 47.4 Å². The number of ether oxygens (including phenoxy) is 2. The molecule has 0 amide bonds. The minimum Gasteiger partial charge on any atom is -0.493 e. The first-order chi connectivity index (χ1) is 18.5. The molecule has 0 radical (unpaired) electrons. The number of carboxylic acids is 1. The Bertz CT molecular complexity index is 1450. The molecule has 1 heterocycles. The van der Waals surface area contributed by atoms with Crippen molar-refractivity contribution in [2.24, 2.45) is 11.8 Å². The van der Waals surface area contributed by atoms with Crippen LogP contribution in [0.4, 0.5) is 17.6 Å². The number of aromatic nitrogens is 1. The summed E-state index contributed by atoms with van der Waals surface area (Å²) in [4.78, 5) is 15.5. The van der Waals surface area contributed by atoms with Gasteiger partial charge in [-0.15, -0.1) is 0 Å². The molecule has 10 heteroatoms. The highest BCUT2D eigenvalue weighted by molar-refractivity contribution is 5.77. The number of halogens is 4. The lowest BCUT2D eigenvalue weighted by Gasteiger charge is -2.17. The lowest BCUT2D eigenvalue weighted by atomic mass is 9.97. The third-order valence-corrected chi connectivity index (χ3v) is 7.96. The number of rotatable bonds is 9. The first-order valence-corrected chi connectivity index (χ1v) is 12.7. The quantitative estimate of drug-likeness (QED) is 0.334. The van der Waals surface area contributed by atoms with Gasteiger partial charge in [0.05, 0.1) is 23.7 Å². The largest absolute Gasteiger partial charge is 0.493 e. The van der Waals surface area contributed by atoms with Gasteiger partial charge in [-0.2, -0.15) is 13.2 Å². The van der Waals surface area contributed by atoms with Crippen LogP contribution in [-0.2, 0) is 24.0 Å². The molecule has 3 atom stereocenters. The Hall–Kier alpha value is -3.66. The summed E-state index contributed by atoms with van der Waals surface area (Å²) >= 11 is 0. The smallest absolute Gasteiger partial charge is 0.417 e. The van der Waals surface area contributed by atoms with E-state index in [9.17, 15) is 32.6 Å². The molecule has 3 unspecified atom stereocenters. The summed E-state index contributed by atoms with van der Waals surface area (Å²) in [6.45, 7) is -0.148. The molecule has 3 aliphatic carbocycles. The molecule has 39 heavy (non-hydrogen) atoms. The van der Waals surface area contributed by atoms with E-state index in [-0.39, 0.29) is 59.3 Å². The molecule has 0 aliphatic heterocycles. The van der Waals surface area contributed by atoms with E-state index in [2.05, 4.69) is 4.98 Å². The van der Waals surface area contributed by atoms with Gasteiger partial charge in [0, 0.05) is 30.2 Å². The van der Waals surface area contributed by atoms with Crippen LogP contribution >= 0.6 is 0 Å². The molecular weight excluding hydrogens is 518 g/mol. The number of alkyl halides is 3. The van der Waals surface area contributed by atoms with E-state index in [1.54, 1.807) is 12.3 Å². The Kier molecular flexibility index (Phi) is 6.05. The number of carbonyl (C=O) groups is 1. The maximum Gasteiger partial charge on any atom is 0.417 e. The van der Waals surface area contributed by atoms with Crippen molar-refractivity contribution in [1.82, 2.24) is 4.98 Å². The first-order valence-electron chi connectivity index (χ1n) is 12.7. The highest BCUT2D eigenvalue weighted by atomic mass is 19.4. The number of pyridine rings is 1. The topological polar surface area (TPSA) is 88.9 Å². The predicted molar refractivity (Wildman–Crippen MR) is 131 cm³/mol. The van der Waals surface area contributed by atoms with Crippen molar-refractivity contribution in [1.29, 1.82) is 0 Å². The zero-order chi connectivity index (χ0) is 27.5. The molecule has 6 nitrogen and oxygen atoms in total. The zero-order valence-corrected chi connectivity index (χ0v) is 20.7. The average Bonchev–Trinajstić information content (AvgIpc) is 3.77. The van der Waals surface area contributed by atoms with Gasteiger partial charge in [-0.1, -0.05) is 12.1 Å². The van der Waals surface area contributed by atoms with E-state index in [0.29, 0.717) is 25.7 Å². The summed E-state index contributed by atoms with van der Waals surface area (Å²) < 4.78 is 67.6. The number of hydrogen-bond donors (Lipinski definition) is 2. The fourth-order valence-electron chi connectivity index (χ4n) is 5.54. The van der Waals surface area contributed by atoms with E-state index in [1.165, 1.54) is 24.3 Å². The minimum atomic E-state index is -4.68. The van der Waals surface area contributed by atoms with Crippen LogP contribution in [0.25, 0.3) is 11.1 Å². The van der Waals surface area contributed by atoms with E-state index < -0.39 is 29.1 Å². The normalized spacial score (nSPS) is 22.1. The fraction of sp³-hybridized carbons (Fsp3) is 0.379. The monoisotopic (exact) mass is 543 g/mol. The van der Waals surface area contributed by atoms with Crippen LogP contribution in [0.2, 0.25) is 0 Å². The maximum absolute atomic E-state index is 14.6. The molecule has 6 rings (SSSR count). The number of benzene rings is 2. The number of carboxylic acid groups (broad SMARTS) is 1. The van der Waals surface area contributed by atoms with E-state index >= 15 is 0 Å². The predicted octanol–water partition coefficient (Wildman–Crippen LogP) is 5.75. The molecule has 0 bridgehead atoms. The number of fused-ring (bicyclic) bond motifs is 3. The molecular formula is C29H25F4NO5. The summed E-state index contributed by atoms with van der Waals surface area (Å²) in [5, 5.41) is 19.2. The number of hydrogen-bond acceptors (Lipinski definition) is 5.